The Bertz CT molecular complexity index is 1060. The number of pyridine rings is 1. The molecule has 142 valence electrons. The summed E-state index contributed by atoms with van der Waals surface area (Å²) in [5, 5.41) is 13.6. The maximum absolute atomic E-state index is 9.99. The van der Waals surface area contributed by atoms with Crippen LogP contribution >= 0.6 is 0 Å². The zero-order chi connectivity index (χ0) is 19.9. The van der Waals surface area contributed by atoms with Gasteiger partial charge in [-0.05, 0) is 42.0 Å². The van der Waals surface area contributed by atoms with Crippen molar-refractivity contribution in [2.75, 3.05) is 5.32 Å². The second-order valence-electron chi connectivity index (χ2n) is 6.58. The first-order chi connectivity index (χ1) is 14.3. The van der Waals surface area contributed by atoms with Crippen LogP contribution in [-0.2, 0) is 0 Å². The van der Waals surface area contributed by atoms with Gasteiger partial charge in [0, 0.05) is 18.0 Å². The normalized spacial score (nSPS) is 12.0. The number of rotatable bonds is 6. The van der Waals surface area contributed by atoms with Crippen LogP contribution in [0.5, 0.6) is 5.75 Å². The van der Waals surface area contributed by atoms with E-state index in [4.69, 9.17) is 0 Å². The maximum Gasteiger partial charge on any atom is 0.124 e. The fourth-order valence-corrected chi connectivity index (χ4v) is 3.12. The van der Waals surface area contributed by atoms with Gasteiger partial charge in [-0.15, -0.1) is 0 Å². The van der Waals surface area contributed by atoms with Gasteiger partial charge in [0.15, 0.2) is 0 Å². The number of nitrogens with zero attached hydrogens (tertiary/aromatic N) is 2. The highest BCUT2D eigenvalue weighted by Crippen LogP contribution is 2.31. The molecular weight excluding hydrogens is 358 g/mol. The van der Waals surface area contributed by atoms with E-state index in [0.717, 1.165) is 22.6 Å². The maximum atomic E-state index is 9.99. The summed E-state index contributed by atoms with van der Waals surface area (Å²) >= 11 is 0. The van der Waals surface area contributed by atoms with Crippen molar-refractivity contribution in [3.05, 3.63) is 120 Å². The Labute approximate surface area is 170 Å². The number of para-hydroxylation sites is 3. The van der Waals surface area contributed by atoms with E-state index in [2.05, 4.69) is 27.4 Å². The molecule has 4 rings (SSSR count). The summed E-state index contributed by atoms with van der Waals surface area (Å²) in [6.07, 6.45) is 3.48. The summed E-state index contributed by atoms with van der Waals surface area (Å²) in [6.45, 7) is 0. The fraction of sp³-hybridized carbons (Fsp3) is 0.0400. The summed E-state index contributed by atoms with van der Waals surface area (Å²) in [5.74, 6) is 0.206. The molecule has 29 heavy (non-hydrogen) atoms. The first-order valence-corrected chi connectivity index (χ1v) is 9.45. The Balaban J connectivity index is 1.68. The van der Waals surface area contributed by atoms with E-state index in [9.17, 15) is 5.11 Å². The molecular formula is C25H21N3O. The molecule has 0 bridgehead atoms. The first-order valence-electron chi connectivity index (χ1n) is 9.45. The van der Waals surface area contributed by atoms with Gasteiger partial charge >= 0.3 is 0 Å². The molecule has 0 saturated carbocycles. The predicted octanol–water partition coefficient (Wildman–Crippen LogP) is 5.74. The summed E-state index contributed by atoms with van der Waals surface area (Å²) in [6, 6.07) is 31.0. The van der Waals surface area contributed by atoms with Crippen molar-refractivity contribution in [2.24, 2.45) is 4.99 Å². The molecule has 1 unspecified atom stereocenters. The first kappa shape index (κ1) is 18.4. The largest absolute Gasteiger partial charge is 0.507 e. The van der Waals surface area contributed by atoms with Crippen LogP contribution in [0.3, 0.4) is 0 Å². The molecule has 1 heterocycles. The third-order valence-electron chi connectivity index (χ3n) is 4.60. The quantitative estimate of drug-likeness (QED) is 0.420. The van der Waals surface area contributed by atoms with Crippen molar-refractivity contribution in [3.63, 3.8) is 0 Å². The van der Waals surface area contributed by atoms with E-state index in [1.54, 1.807) is 24.5 Å². The Hall–Kier alpha value is -3.92. The lowest BCUT2D eigenvalue weighted by molar-refractivity contribution is 0.474. The number of aromatic hydroxyl groups is 1. The average Bonchev–Trinajstić information content (AvgIpc) is 2.79. The van der Waals surface area contributed by atoms with E-state index in [0.29, 0.717) is 5.56 Å². The molecule has 2 N–H and O–H groups in total. The fourth-order valence-electron chi connectivity index (χ4n) is 3.12. The molecule has 0 aliphatic rings. The van der Waals surface area contributed by atoms with E-state index in [1.165, 1.54) is 0 Å². The van der Waals surface area contributed by atoms with Crippen molar-refractivity contribution < 1.29 is 5.11 Å². The third-order valence-corrected chi connectivity index (χ3v) is 4.60. The predicted molar refractivity (Wildman–Crippen MR) is 118 cm³/mol. The smallest absolute Gasteiger partial charge is 0.124 e. The summed E-state index contributed by atoms with van der Waals surface area (Å²) < 4.78 is 0. The number of aliphatic imine (C=N–C) groups is 1. The van der Waals surface area contributed by atoms with Gasteiger partial charge in [0.25, 0.3) is 0 Å². The Morgan fingerprint density at radius 2 is 1.52 bits per heavy atom. The molecule has 0 aliphatic heterocycles. The van der Waals surface area contributed by atoms with Crippen molar-refractivity contribution in [1.29, 1.82) is 0 Å². The summed E-state index contributed by atoms with van der Waals surface area (Å²) in [5.41, 5.74) is 4.39. The number of benzene rings is 3. The van der Waals surface area contributed by atoms with Crippen molar-refractivity contribution in [1.82, 2.24) is 4.98 Å². The highest BCUT2D eigenvalue weighted by Gasteiger charge is 2.16. The van der Waals surface area contributed by atoms with Gasteiger partial charge in [-0.1, -0.05) is 60.7 Å². The number of phenolic OH excluding ortho intramolecular Hbond substituents is 1. The Morgan fingerprint density at radius 3 is 2.31 bits per heavy atom. The zero-order valence-corrected chi connectivity index (χ0v) is 15.8. The minimum absolute atomic E-state index is 0.112. The number of hydrogen-bond acceptors (Lipinski definition) is 4. The van der Waals surface area contributed by atoms with Crippen LogP contribution < -0.4 is 5.32 Å². The Kier molecular flexibility index (Phi) is 5.63. The van der Waals surface area contributed by atoms with Crippen LogP contribution in [0.4, 0.5) is 11.4 Å². The molecule has 0 saturated heterocycles. The summed E-state index contributed by atoms with van der Waals surface area (Å²) in [4.78, 5) is 9.16. The SMILES string of the molecule is Oc1ccccc1C=Nc1ccccc1NC(c1ccccc1)c1ccccn1. The zero-order valence-electron chi connectivity index (χ0n) is 15.8. The molecule has 0 radical (unpaired) electrons. The topological polar surface area (TPSA) is 57.5 Å². The Morgan fingerprint density at radius 1 is 0.793 bits per heavy atom. The monoisotopic (exact) mass is 379 g/mol. The number of nitrogens with one attached hydrogen (secondary N) is 1. The minimum Gasteiger partial charge on any atom is -0.507 e. The van der Waals surface area contributed by atoms with E-state index in [1.807, 2.05) is 72.8 Å². The average molecular weight is 379 g/mol. The molecule has 0 amide bonds. The standard InChI is InChI=1S/C25H21N3O/c29-24-16-7-4-12-20(24)18-27-21-13-5-6-14-22(21)28-25(19-10-2-1-3-11-19)23-15-8-9-17-26-23/h1-18,25,28-29H. The van der Waals surface area contributed by atoms with Gasteiger partial charge < -0.3 is 10.4 Å². The van der Waals surface area contributed by atoms with Crippen LogP contribution in [0.2, 0.25) is 0 Å². The number of hydrogen-bond donors (Lipinski definition) is 2. The van der Waals surface area contributed by atoms with E-state index in [-0.39, 0.29) is 11.8 Å². The number of aromatic nitrogens is 1. The molecule has 0 aliphatic carbocycles. The molecule has 4 nitrogen and oxygen atoms in total. The second kappa shape index (κ2) is 8.85. The van der Waals surface area contributed by atoms with E-state index < -0.39 is 0 Å². The number of phenols is 1. The molecule has 1 aromatic heterocycles. The van der Waals surface area contributed by atoms with Crippen LogP contribution in [-0.4, -0.2) is 16.3 Å². The summed E-state index contributed by atoms with van der Waals surface area (Å²) in [7, 11) is 0. The highest BCUT2D eigenvalue weighted by molar-refractivity contribution is 5.86. The molecule has 0 fully saturated rings. The van der Waals surface area contributed by atoms with Crippen LogP contribution in [0, 0.1) is 0 Å². The van der Waals surface area contributed by atoms with Crippen molar-refractivity contribution in [3.8, 4) is 5.75 Å². The van der Waals surface area contributed by atoms with Crippen LogP contribution in [0.25, 0.3) is 0 Å². The molecule has 1 atom stereocenters. The van der Waals surface area contributed by atoms with Crippen molar-refractivity contribution in [2.45, 2.75) is 6.04 Å². The van der Waals surface area contributed by atoms with Crippen LogP contribution in [0.1, 0.15) is 22.9 Å². The minimum atomic E-state index is -0.112. The van der Waals surface area contributed by atoms with Gasteiger partial charge in [-0.25, -0.2) is 0 Å². The van der Waals surface area contributed by atoms with Gasteiger partial charge in [-0.2, -0.15) is 0 Å². The lowest BCUT2D eigenvalue weighted by Gasteiger charge is -2.21. The highest BCUT2D eigenvalue weighted by atomic mass is 16.3. The lowest BCUT2D eigenvalue weighted by Crippen LogP contribution is -2.13. The third kappa shape index (κ3) is 4.50. The molecule has 4 heteroatoms. The van der Waals surface area contributed by atoms with Gasteiger partial charge in [-0.3, -0.25) is 9.98 Å². The number of anilines is 1. The lowest BCUT2D eigenvalue weighted by atomic mass is 10.0. The van der Waals surface area contributed by atoms with Gasteiger partial charge in [0.2, 0.25) is 0 Å². The van der Waals surface area contributed by atoms with Gasteiger partial charge in [0.1, 0.15) is 5.75 Å². The molecule has 4 aromatic rings. The molecule has 3 aromatic carbocycles. The second-order valence-corrected chi connectivity index (χ2v) is 6.58. The molecule has 0 spiro atoms. The van der Waals surface area contributed by atoms with Gasteiger partial charge in [0.05, 0.1) is 23.1 Å². The van der Waals surface area contributed by atoms with Crippen LogP contribution in [0.15, 0.2) is 108 Å². The van der Waals surface area contributed by atoms with Crippen molar-refractivity contribution >= 4 is 17.6 Å². The van der Waals surface area contributed by atoms with E-state index >= 15 is 0 Å².